The van der Waals surface area contributed by atoms with Gasteiger partial charge in [-0.25, -0.2) is 9.78 Å². The van der Waals surface area contributed by atoms with E-state index in [0.29, 0.717) is 22.6 Å². The molecule has 116 valence electrons. The number of imidazole rings is 1. The molecule has 1 heterocycles. The van der Waals surface area contributed by atoms with Gasteiger partial charge in [-0.15, -0.1) is 0 Å². The Morgan fingerprint density at radius 1 is 1.45 bits per heavy atom. The monoisotopic (exact) mass is 321 g/mol. The minimum absolute atomic E-state index is 0.241. The largest absolute Gasteiger partial charge is 0.463 e. The molecule has 3 rings (SSSR count). The highest BCUT2D eigenvalue weighted by Gasteiger charge is 2.31. The van der Waals surface area contributed by atoms with Crippen molar-refractivity contribution in [2.75, 3.05) is 13.7 Å². The van der Waals surface area contributed by atoms with E-state index in [1.54, 1.807) is 12.1 Å². The van der Waals surface area contributed by atoms with Crippen LogP contribution < -0.4 is 5.32 Å². The average molecular weight is 322 g/mol. The van der Waals surface area contributed by atoms with Crippen molar-refractivity contribution in [1.82, 2.24) is 14.9 Å². The molecule has 0 spiro atoms. The second kappa shape index (κ2) is 5.61. The Hall–Kier alpha value is -2.08. The number of esters is 1. The number of fused-ring (bicyclic) bond motifs is 1. The summed E-state index contributed by atoms with van der Waals surface area (Å²) in [5.74, 6) is -0.488. The molecule has 0 atom stereocenters. The maximum Gasteiger partial charge on any atom is 0.374 e. The first-order valence-electron chi connectivity index (χ1n) is 7.14. The Morgan fingerprint density at radius 2 is 2.18 bits per heavy atom. The highest BCUT2D eigenvalue weighted by Crippen LogP contribution is 2.39. The molecule has 1 saturated carbocycles. The fraction of sp³-hybridized carbons (Fsp3) is 0.400. The number of rotatable bonds is 4. The summed E-state index contributed by atoms with van der Waals surface area (Å²) >= 11 is 6.24. The van der Waals surface area contributed by atoms with Crippen molar-refractivity contribution in [1.29, 1.82) is 0 Å². The van der Waals surface area contributed by atoms with E-state index in [9.17, 15) is 9.59 Å². The van der Waals surface area contributed by atoms with Gasteiger partial charge in [0.25, 0.3) is 5.91 Å². The highest BCUT2D eigenvalue weighted by atomic mass is 35.5. The molecular formula is C15H16ClN3O3. The minimum Gasteiger partial charge on any atom is -0.463 e. The maximum absolute atomic E-state index is 12.0. The van der Waals surface area contributed by atoms with Crippen LogP contribution in [0, 0.1) is 0 Å². The van der Waals surface area contributed by atoms with E-state index in [0.717, 1.165) is 18.4 Å². The Balaban J connectivity index is 2.17. The third-order valence-corrected chi connectivity index (χ3v) is 3.95. The molecule has 7 heteroatoms. The summed E-state index contributed by atoms with van der Waals surface area (Å²) in [7, 11) is 1.33. The summed E-state index contributed by atoms with van der Waals surface area (Å²) in [6.07, 6.45) is 1.98. The van der Waals surface area contributed by atoms with E-state index < -0.39 is 5.97 Å². The quantitative estimate of drug-likeness (QED) is 0.878. The summed E-state index contributed by atoms with van der Waals surface area (Å²) in [5.41, 5.74) is 1.67. The molecule has 2 aromatic rings. The van der Waals surface area contributed by atoms with Gasteiger partial charge in [-0.05, 0) is 31.9 Å². The summed E-state index contributed by atoms with van der Waals surface area (Å²) < 4.78 is 6.65. The van der Waals surface area contributed by atoms with Gasteiger partial charge in [0, 0.05) is 12.6 Å². The molecule has 0 unspecified atom stereocenters. The lowest BCUT2D eigenvalue weighted by Crippen LogP contribution is -2.22. The molecule has 1 amide bonds. The Bertz CT molecular complexity index is 765. The molecule has 0 saturated heterocycles. The number of nitrogens with zero attached hydrogens (tertiary/aromatic N) is 2. The van der Waals surface area contributed by atoms with Gasteiger partial charge in [0.1, 0.15) is 0 Å². The number of ether oxygens (including phenoxy) is 1. The van der Waals surface area contributed by atoms with E-state index in [1.165, 1.54) is 7.11 Å². The number of hydrogen-bond acceptors (Lipinski definition) is 4. The van der Waals surface area contributed by atoms with Gasteiger partial charge in [-0.3, -0.25) is 4.79 Å². The van der Waals surface area contributed by atoms with Crippen LogP contribution in [-0.2, 0) is 4.74 Å². The lowest BCUT2D eigenvalue weighted by molar-refractivity contribution is 0.0581. The summed E-state index contributed by atoms with van der Waals surface area (Å²) in [6.45, 7) is 2.35. The fourth-order valence-corrected chi connectivity index (χ4v) is 2.73. The van der Waals surface area contributed by atoms with Crippen molar-refractivity contribution in [2.24, 2.45) is 0 Å². The predicted molar refractivity (Wildman–Crippen MR) is 82.4 cm³/mol. The van der Waals surface area contributed by atoms with E-state index in [1.807, 2.05) is 11.5 Å². The number of amides is 1. The number of hydrogen-bond donors (Lipinski definition) is 1. The van der Waals surface area contributed by atoms with Crippen LogP contribution in [0.3, 0.4) is 0 Å². The second-order valence-electron chi connectivity index (χ2n) is 5.21. The fourth-order valence-electron chi connectivity index (χ4n) is 2.48. The molecule has 0 bridgehead atoms. The van der Waals surface area contributed by atoms with Crippen LogP contribution in [0.25, 0.3) is 11.0 Å². The van der Waals surface area contributed by atoms with Crippen LogP contribution in [0.5, 0.6) is 0 Å². The third-order valence-electron chi connectivity index (χ3n) is 3.64. The van der Waals surface area contributed by atoms with Crippen LogP contribution in [0.4, 0.5) is 0 Å². The normalized spacial score (nSPS) is 14.1. The molecule has 1 fully saturated rings. The molecule has 0 radical (unpaired) electrons. The van der Waals surface area contributed by atoms with Gasteiger partial charge in [0.15, 0.2) is 0 Å². The SMILES string of the molecule is CCNC(=O)c1cc2nc(C(=O)OC)n(C3CC3)c2cc1Cl. The lowest BCUT2D eigenvalue weighted by atomic mass is 10.2. The number of aromatic nitrogens is 2. The first-order valence-corrected chi connectivity index (χ1v) is 7.52. The molecule has 0 aliphatic heterocycles. The van der Waals surface area contributed by atoms with E-state index in [4.69, 9.17) is 16.3 Å². The van der Waals surface area contributed by atoms with Gasteiger partial charge in [-0.2, -0.15) is 0 Å². The molecule has 1 N–H and O–H groups in total. The minimum atomic E-state index is -0.487. The van der Waals surface area contributed by atoms with E-state index >= 15 is 0 Å². The number of carbonyl (C=O) groups excluding carboxylic acids is 2. The first-order chi connectivity index (χ1) is 10.6. The number of methoxy groups -OCH3 is 1. The Kier molecular flexibility index (Phi) is 3.78. The topological polar surface area (TPSA) is 73.2 Å². The summed E-state index contributed by atoms with van der Waals surface area (Å²) in [4.78, 5) is 28.3. The van der Waals surface area contributed by atoms with Gasteiger partial charge < -0.3 is 14.6 Å². The number of benzene rings is 1. The molecule has 1 aliphatic rings. The van der Waals surface area contributed by atoms with E-state index in [-0.39, 0.29) is 17.8 Å². The molecule has 6 nitrogen and oxygen atoms in total. The van der Waals surface area contributed by atoms with Crippen molar-refractivity contribution in [3.63, 3.8) is 0 Å². The Morgan fingerprint density at radius 3 is 2.77 bits per heavy atom. The van der Waals surface area contributed by atoms with Gasteiger partial charge >= 0.3 is 5.97 Å². The summed E-state index contributed by atoms with van der Waals surface area (Å²) in [6, 6.07) is 3.55. The van der Waals surface area contributed by atoms with E-state index in [2.05, 4.69) is 10.3 Å². The van der Waals surface area contributed by atoms with Crippen LogP contribution in [0.2, 0.25) is 5.02 Å². The number of halogens is 1. The predicted octanol–water partition coefficient (Wildman–Crippen LogP) is 2.56. The zero-order valence-electron chi connectivity index (χ0n) is 12.4. The van der Waals surface area contributed by atoms with Crippen LogP contribution in [-0.4, -0.2) is 35.1 Å². The maximum atomic E-state index is 12.0. The highest BCUT2D eigenvalue weighted by molar-refractivity contribution is 6.34. The zero-order chi connectivity index (χ0) is 15.9. The van der Waals surface area contributed by atoms with Crippen LogP contribution in [0.15, 0.2) is 12.1 Å². The average Bonchev–Trinajstić information content (AvgIpc) is 3.27. The van der Waals surface area contributed by atoms with Crippen molar-refractivity contribution in [3.05, 3.63) is 28.5 Å². The molecule has 22 heavy (non-hydrogen) atoms. The van der Waals surface area contributed by atoms with Crippen molar-refractivity contribution < 1.29 is 14.3 Å². The molecule has 1 aliphatic carbocycles. The third kappa shape index (κ3) is 2.43. The van der Waals surface area contributed by atoms with Crippen LogP contribution in [0.1, 0.15) is 46.8 Å². The van der Waals surface area contributed by atoms with Crippen molar-refractivity contribution in [2.45, 2.75) is 25.8 Å². The van der Waals surface area contributed by atoms with Gasteiger partial charge in [-0.1, -0.05) is 11.6 Å². The first kappa shape index (κ1) is 14.8. The van der Waals surface area contributed by atoms with Crippen molar-refractivity contribution >= 4 is 34.5 Å². The van der Waals surface area contributed by atoms with Crippen LogP contribution >= 0.6 is 11.6 Å². The number of nitrogens with one attached hydrogen (secondary N) is 1. The second-order valence-corrected chi connectivity index (χ2v) is 5.62. The molecule has 1 aromatic carbocycles. The smallest absolute Gasteiger partial charge is 0.374 e. The lowest BCUT2D eigenvalue weighted by Gasteiger charge is -2.07. The standard InChI is InChI=1S/C15H16ClN3O3/c1-3-17-14(20)9-6-11-12(7-10(9)16)19(8-4-5-8)13(18-11)15(21)22-2/h6-8H,3-5H2,1-2H3,(H,17,20). The molecule has 1 aromatic heterocycles. The summed E-state index contributed by atoms with van der Waals surface area (Å²) in [5, 5.41) is 3.05. The van der Waals surface area contributed by atoms with Gasteiger partial charge in [0.05, 0.1) is 28.7 Å². The Labute approximate surface area is 132 Å². The number of carbonyl (C=O) groups is 2. The van der Waals surface area contributed by atoms with Crippen molar-refractivity contribution in [3.8, 4) is 0 Å². The zero-order valence-corrected chi connectivity index (χ0v) is 13.1. The molecular weight excluding hydrogens is 306 g/mol. The van der Waals surface area contributed by atoms with Gasteiger partial charge in [0.2, 0.25) is 5.82 Å².